The first-order valence-electron chi connectivity index (χ1n) is 6.18. The lowest BCUT2D eigenvalue weighted by molar-refractivity contribution is 0.0286. The summed E-state index contributed by atoms with van der Waals surface area (Å²) in [6.07, 6.45) is 1.30. The molecule has 0 aromatic carbocycles. The molecule has 1 amide bonds. The normalized spacial score (nSPS) is 25.1. The number of hydrogen-bond donors (Lipinski definition) is 2. The van der Waals surface area contributed by atoms with E-state index in [2.05, 4.69) is 0 Å². The summed E-state index contributed by atoms with van der Waals surface area (Å²) in [5, 5.41) is 8.79. The SMILES string of the molecule is CC(C)(C)OC(=O)N1C[C@H](CCCO)[C@H](N)C1. The third kappa shape index (κ3) is 4.52. The molecule has 0 aromatic heterocycles. The van der Waals surface area contributed by atoms with Crippen molar-refractivity contribution in [3.8, 4) is 0 Å². The average Bonchev–Trinajstić information content (AvgIpc) is 2.54. The standard InChI is InChI=1S/C12H24N2O3/c1-12(2,3)17-11(16)14-7-9(5-4-6-15)10(13)8-14/h9-10,15H,4-8,13H2,1-3H3/t9-,10+/m0/s1. The van der Waals surface area contributed by atoms with Crippen LogP contribution in [0.2, 0.25) is 0 Å². The van der Waals surface area contributed by atoms with E-state index in [0.29, 0.717) is 13.1 Å². The van der Waals surface area contributed by atoms with Crippen molar-refractivity contribution in [3.63, 3.8) is 0 Å². The second-order valence-electron chi connectivity index (χ2n) is 5.68. The van der Waals surface area contributed by atoms with E-state index in [-0.39, 0.29) is 24.7 Å². The molecule has 0 spiro atoms. The van der Waals surface area contributed by atoms with E-state index in [0.717, 1.165) is 12.8 Å². The van der Waals surface area contributed by atoms with Gasteiger partial charge >= 0.3 is 6.09 Å². The van der Waals surface area contributed by atoms with Crippen LogP contribution in [0, 0.1) is 5.92 Å². The number of likely N-dealkylation sites (tertiary alicyclic amines) is 1. The van der Waals surface area contributed by atoms with Crippen LogP contribution in [0.25, 0.3) is 0 Å². The van der Waals surface area contributed by atoms with E-state index in [9.17, 15) is 4.79 Å². The van der Waals surface area contributed by atoms with Crippen LogP contribution in [0.4, 0.5) is 4.79 Å². The molecular weight excluding hydrogens is 220 g/mol. The summed E-state index contributed by atoms with van der Waals surface area (Å²) in [5.74, 6) is 0.273. The maximum atomic E-state index is 11.8. The minimum absolute atomic E-state index is 0.00549. The highest BCUT2D eigenvalue weighted by Gasteiger charge is 2.34. The lowest BCUT2D eigenvalue weighted by atomic mass is 9.99. The quantitative estimate of drug-likeness (QED) is 0.775. The predicted molar refractivity (Wildman–Crippen MR) is 65.6 cm³/mol. The molecule has 1 aliphatic rings. The molecule has 1 saturated heterocycles. The number of amides is 1. The Morgan fingerprint density at radius 2 is 2.12 bits per heavy atom. The molecule has 3 N–H and O–H groups in total. The van der Waals surface area contributed by atoms with Crippen molar-refractivity contribution in [2.24, 2.45) is 11.7 Å². The molecule has 0 radical (unpaired) electrons. The van der Waals surface area contributed by atoms with E-state index in [4.69, 9.17) is 15.6 Å². The van der Waals surface area contributed by atoms with Gasteiger partial charge in [-0.1, -0.05) is 0 Å². The van der Waals surface area contributed by atoms with Gasteiger partial charge in [0.15, 0.2) is 0 Å². The second-order valence-corrected chi connectivity index (χ2v) is 5.68. The van der Waals surface area contributed by atoms with Gasteiger partial charge in [0.25, 0.3) is 0 Å². The van der Waals surface area contributed by atoms with Crippen LogP contribution in [0.1, 0.15) is 33.6 Å². The zero-order valence-electron chi connectivity index (χ0n) is 11.0. The Balaban J connectivity index is 2.45. The monoisotopic (exact) mass is 244 g/mol. The van der Waals surface area contributed by atoms with Crippen LogP contribution in [0.5, 0.6) is 0 Å². The van der Waals surface area contributed by atoms with Gasteiger partial charge in [0.2, 0.25) is 0 Å². The third-order valence-corrected chi connectivity index (χ3v) is 2.88. The Labute approximate surface area is 103 Å². The molecule has 0 saturated carbocycles. The number of rotatable bonds is 3. The largest absolute Gasteiger partial charge is 0.444 e. The van der Waals surface area contributed by atoms with Crippen LogP contribution in [-0.2, 0) is 4.74 Å². The maximum Gasteiger partial charge on any atom is 0.410 e. The molecule has 100 valence electrons. The van der Waals surface area contributed by atoms with Gasteiger partial charge in [0.1, 0.15) is 5.60 Å². The Morgan fingerprint density at radius 3 is 2.65 bits per heavy atom. The molecule has 2 atom stereocenters. The fraction of sp³-hybridized carbons (Fsp3) is 0.917. The van der Waals surface area contributed by atoms with Crippen LogP contribution >= 0.6 is 0 Å². The number of ether oxygens (including phenoxy) is 1. The highest BCUT2D eigenvalue weighted by molar-refractivity contribution is 5.68. The molecule has 5 heteroatoms. The number of nitrogens with zero attached hydrogens (tertiary/aromatic N) is 1. The van der Waals surface area contributed by atoms with E-state index >= 15 is 0 Å². The number of carbonyl (C=O) groups is 1. The van der Waals surface area contributed by atoms with Gasteiger partial charge in [-0.15, -0.1) is 0 Å². The minimum Gasteiger partial charge on any atom is -0.444 e. The van der Waals surface area contributed by atoms with Crippen LogP contribution < -0.4 is 5.73 Å². The minimum atomic E-state index is -0.468. The number of aliphatic hydroxyl groups is 1. The average molecular weight is 244 g/mol. The smallest absolute Gasteiger partial charge is 0.410 e. The van der Waals surface area contributed by atoms with E-state index in [1.165, 1.54) is 0 Å². The molecule has 1 rings (SSSR count). The van der Waals surface area contributed by atoms with E-state index in [1.54, 1.807) is 4.90 Å². The Kier molecular flexibility index (Phi) is 4.77. The molecule has 17 heavy (non-hydrogen) atoms. The molecule has 1 heterocycles. The summed E-state index contributed by atoms with van der Waals surface area (Å²) >= 11 is 0. The summed E-state index contributed by atoms with van der Waals surface area (Å²) in [4.78, 5) is 13.5. The highest BCUT2D eigenvalue weighted by Crippen LogP contribution is 2.22. The molecule has 0 aromatic rings. The Bertz CT molecular complexity index is 263. The van der Waals surface area contributed by atoms with Gasteiger partial charge in [-0.05, 0) is 39.5 Å². The summed E-state index contributed by atoms with van der Waals surface area (Å²) < 4.78 is 5.30. The van der Waals surface area contributed by atoms with Crippen molar-refractivity contribution in [2.75, 3.05) is 19.7 Å². The van der Waals surface area contributed by atoms with Crippen molar-refractivity contribution in [1.82, 2.24) is 4.90 Å². The van der Waals surface area contributed by atoms with Crippen molar-refractivity contribution in [3.05, 3.63) is 0 Å². The highest BCUT2D eigenvalue weighted by atomic mass is 16.6. The number of aliphatic hydroxyl groups excluding tert-OH is 1. The number of hydrogen-bond acceptors (Lipinski definition) is 4. The fourth-order valence-corrected chi connectivity index (χ4v) is 2.03. The topological polar surface area (TPSA) is 75.8 Å². The van der Waals surface area contributed by atoms with E-state index < -0.39 is 5.60 Å². The Hall–Kier alpha value is -0.810. The first kappa shape index (κ1) is 14.3. The second kappa shape index (κ2) is 5.69. The zero-order valence-corrected chi connectivity index (χ0v) is 11.0. The van der Waals surface area contributed by atoms with Crippen LogP contribution in [0.15, 0.2) is 0 Å². The van der Waals surface area contributed by atoms with E-state index in [1.807, 2.05) is 20.8 Å². The molecule has 5 nitrogen and oxygen atoms in total. The van der Waals surface area contributed by atoms with Gasteiger partial charge < -0.3 is 20.5 Å². The van der Waals surface area contributed by atoms with Gasteiger partial charge in [0.05, 0.1) is 0 Å². The summed E-state index contributed by atoms with van der Waals surface area (Å²) in [7, 11) is 0. The fourth-order valence-electron chi connectivity index (χ4n) is 2.03. The molecule has 0 bridgehead atoms. The lowest BCUT2D eigenvalue weighted by Gasteiger charge is -2.24. The number of nitrogens with two attached hydrogens (primary N) is 1. The summed E-state index contributed by atoms with van der Waals surface area (Å²) in [6.45, 7) is 6.91. The first-order chi connectivity index (χ1) is 7.83. The molecule has 0 aliphatic carbocycles. The first-order valence-corrected chi connectivity index (χ1v) is 6.18. The van der Waals surface area contributed by atoms with Gasteiger partial charge in [-0.2, -0.15) is 0 Å². The maximum absolute atomic E-state index is 11.8. The number of carbonyl (C=O) groups excluding carboxylic acids is 1. The lowest BCUT2D eigenvalue weighted by Crippen LogP contribution is -2.36. The Morgan fingerprint density at radius 1 is 1.47 bits per heavy atom. The molecule has 1 aliphatic heterocycles. The summed E-state index contributed by atoms with van der Waals surface area (Å²) in [6, 6.07) is -0.00549. The van der Waals surface area contributed by atoms with Gasteiger partial charge in [-0.25, -0.2) is 4.79 Å². The van der Waals surface area contributed by atoms with Gasteiger partial charge in [0, 0.05) is 25.7 Å². The molecule has 0 unspecified atom stereocenters. The predicted octanol–water partition coefficient (Wildman–Crippen LogP) is 0.953. The van der Waals surface area contributed by atoms with Crippen molar-refractivity contribution < 1.29 is 14.6 Å². The van der Waals surface area contributed by atoms with Crippen LogP contribution in [0.3, 0.4) is 0 Å². The van der Waals surface area contributed by atoms with Crippen molar-refractivity contribution in [2.45, 2.75) is 45.3 Å². The third-order valence-electron chi connectivity index (χ3n) is 2.88. The molecular formula is C12H24N2O3. The summed E-state index contributed by atoms with van der Waals surface area (Å²) in [5.41, 5.74) is 5.51. The van der Waals surface area contributed by atoms with Crippen molar-refractivity contribution >= 4 is 6.09 Å². The zero-order chi connectivity index (χ0) is 13.1. The van der Waals surface area contributed by atoms with Gasteiger partial charge in [-0.3, -0.25) is 0 Å². The van der Waals surface area contributed by atoms with Crippen LogP contribution in [-0.4, -0.2) is 47.4 Å². The molecule has 1 fully saturated rings. The van der Waals surface area contributed by atoms with Crippen molar-refractivity contribution in [1.29, 1.82) is 0 Å².